The van der Waals surface area contributed by atoms with Crippen molar-refractivity contribution in [2.45, 2.75) is 32.0 Å². The van der Waals surface area contributed by atoms with Crippen LogP contribution in [0.15, 0.2) is 24.3 Å². The van der Waals surface area contributed by atoms with Gasteiger partial charge in [-0.05, 0) is 31.0 Å². The molecule has 1 fully saturated rings. The fraction of sp³-hybridized carbons (Fsp3) is 0.429. The molecule has 1 aromatic rings. The first-order valence-corrected chi connectivity index (χ1v) is 6.54. The Morgan fingerprint density at radius 1 is 1.33 bits per heavy atom. The predicted molar refractivity (Wildman–Crippen MR) is 70.5 cm³/mol. The summed E-state index contributed by atoms with van der Waals surface area (Å²) >= 11 is 0. The highest BCUT2D eigenvalue weighted by Gasteiger charge is 2.33. The van der Waals surface area contributed by atoms with E-state index in [1.165, 1.54) is 24.0 Å². The van der Waals surface area contributed by atoms with Crippen molar-refractivity contribution in [2.24, 2.45) is 0 Å². The molecule has 1 saturated heterocycles. The second-order valence-corrected chi connectivity index (χ2v) is 4.94. The van der Waals surface area contributed by atoms with Gasteiger partial charge in [-0.15, -0.1) is 0 Å². The maximum absolute atomic E-state index is 12.6. The first kappa shape index (κ1) is 15.3. The lowest BCUT2D eigenvalue weighted by Crippen LogP contribution is -2.42. The molecule has 1 heterocycles. The molecule has 0 radical (unpaired) electrons. The van der Waals surface area contributed by atoms with Gasteiger partial charge in [0, 0.05) is 19.2 Å². The Bertz CT molecular complexity index is 557. The lowest BCUT2D eigenvalue weighted by Gasteiger charge is -2.22. The quantitative estimate of drug-likeness (QED) is 0.913. The zero-order valence-corrected chi connectivity index (χ0v) is 11.4. The summed E-state index contributed by atoms with van der Waals surface area (Å²) in [7, 11) is 0. The van der Waals surface area contributed by atoms with Crippen LogP contribution in [0.5, 0.6) is 0 Å². The summed E-state index contributed by atoms with van der Waals surface area (Å²) in [6.07, 6.45) is -3.23. The molecule has 0 bridgehead atoms. The van der Waals surface area contributed by atoms with E-state index in [4.69, 9.17) is 0 Å². The van der Waals surface area contributed by atoms with Crippen molar-refractivity contribution in [3.8, 4) is 0 Å². The number of halogens is 3. The number of amides is 2. The van der Waals surface area contributed by atoms with Gasteiger partial charge in [-0.1, -0.05) is 6.07 Å². The number of carbonyl (C=O) groups excluding carboxylic acids is 2. The number of nitrogens with one attached hydrogen (secondary N) is 1. The fourth-order valence-electron chi connectivity index (χ4n) is 2.42. The average molecular weight is 300 g/mol. The Hall–Kier alpha value is -2.05. The third-order valence-corrected chi connectivity index (χ3v) is 3.42. The molecular weight excluding hydrogens is 285 g/mol. The van der Waals surface area contributed by atoms with Crippen LogP contribution in [0.25, 0.3) is 0 Å². The molecule has 0 aromatic heterocycles. The molecule has 7 heteroatoms. The zero-order valence-electron chi connectivity index (χ0n) is 11.4. The Kier molecular flexibility index (Phi) is 4.20. The molecule has 0 spiro atoms. The van der Waals surface area contributed by atoms with E-state index in [1.807, 2.05) is 0 Å². The lowest BCUT2D eigenvalue weighted by atomic mass is 10.1. The van der Waals surface area contributed by atoms with Crippen LogP contribution in [0.2, 0.25) is 0 Å². The van der Waals surface area contributed by atoms with Gasteiger partial charge in [-0.2, -0.15) is 13.2 Å². The largest absolute Gasteiger partial charge is 0.416 e. The van der Waals surface area contributed by atoms with Gasteiger partial charge in [0.1, 0.15) is 6.04 Å². The van der Waals surface area contributed by atoms with E-state index in [2.05, 4.69) is 5.32 Å². The van der Waals surface area contributed by atoms with Crippen LogP contribution in [0, 0.1) is 0 Å². The standard InChI is InChI=1S/C14H15F3N2O2/c1-9(20)19-7-3-6-12(19)13(21)18-11-5-2-4-10(8-11)14(15,16)17/h2,4-5,8,12H,3,6-7H2,1H3,(H,18,21). The van der Waals surface area contributed by atoms with E-state index in [0.717, 1.165) is 12.1 Å². The number of anilines is 1. The Labute approximate surface area is 119 Å². The molecular formula is C14H15F3N2O2. The minimum Gasteiger partial charge on any atom is -0.331 e. The molecule has 2 amide bonds. The van der Waals surface area contributed by atoms with Crippen LogP contribution in [0.3, 0.4) is 0 Å². The summed E-state index contributed by atoms with van der Waals surface area (Å²) < 4.78 is 37.8. The number of hydrogen-bond donors (Lipinski definition) is 1. The van der Waals surface area contributed by atoms with Crippen molar-refractivity contribution in [1.29, 1.82) is 0 Å². The number of hydrogen-bond acceptors (Lipinski definition) is 2. The molecule has 2 rings (SSSR count). The van der Waals surface area contributed by atoms with Gasteiger partial charge in [0.2, 0.25) is 11.8 Å². The van der Waals surface area contributed by atoms with Crippen LogP contribution in [0.4, 0.5) is 18.9 Å². The van der Waals surface area contributed by atoms with Crippen molar-refractivity contribution in [3.63, 3.8) is 0 Å². The molecule has 1 N–H and O–H groups in total. The molecule has 1 aromatic carbocycles. The van der Waals surface area contributed by atoms with Gasteiger partial charge in [0.05, 0.1) is 5.56 Å². The molecule has 0 saturated carbocycles. The Balaban J connectivity index is 2.11. The van der Waals surface area contributed by atoms with E-state index < -0.39 is 23.7 Å². The van der Waals surface area contributed by atoms with Crippen LogP contribution in [-0.2, 0) is 15.8 Å². The highest BCUT2D eigenvalue weighted by atomic mass is 19.4. The van der Waals surface area contributed by atoms with Crippen LogP contribution < -0.4 is 5.32 Å². The summed E-state index contributed by atoms with van der Waals surface area (Å²) in [6.45, 7) is 1.87. The van der Waals surface area contributed by atoms with E-state index in [9.17, 15) is 22.8 Å². The van der Waals surface area contributed by atoms with Gasteiger partial charge in [0.25, 0.3) is 0 Å². The van der Waals surface area contributed by atoms with Gasteiger partial charge < -0.3 is 10.2 Å². The smallest absolute Gasteiger partial charge is 0.331 e. The SMILES string of the molecule is CC(=O)N1CCCC1C(=O)Nc1cccc(C(F)(F)F)c1. The van der Waals surface area contributed by atoms with Crippen LogP contribution in [0.1, 0.15) is 25.3 Å². The normalized spacial score (nSPS) is 18.7. The van der Waals surface area contributed by atoms with Crippen LogP contribution in [-0.4, -0.2) is 29.3 Å². The predicted octanol–water partition coefficient (Wildman–Crippen LogP) is 2.65. The number of carbonyl (C=O) groups is 2. The Morgan fingerprint density at radius 3 is 2.67 bits per heavy atom. The summed E-state index contributed by atoms with van der Waals surface area (Å²) in [5, 5.41) is 2.45. The highest BCUT2D eigenvalue weighted by molar-refractivity contribution is 5.97. The van der Waals surface area contributed by atoms with E-state index in [-0.39, 0.29) is 11.6 Å². The Morgan fingerprint density at radius 2 is 2.05 bits per heavy atom. The van der Waals surface area contributed by atoms with Crippen LogP contribution >= 0.6 is 0 Å². The van der Waals surface area contributed by atoms with E-state index in [0.29, 0.717) is 19.4 Å². The molecule has 114 valence electrons. The summed E-state index contributed by atoms with van der Waals surface area (Å²) in [5.74, 6) is -0.668. The maximum Gasteiger partial charge on any atom is 0.416 e. The molecule has 1 aliphatic rings. The second kappa shape index (κ2) is 5.75. The summed E-state index contributed by atoms with van der Waals surface area (Å²) in [4.78, 5) is 24.9. The fourth-order valence-corrected chi connectivity index (χ4v) is 2.42. The number of rotatable bonds is 2. The zero-order chi connectivity index (χ0) is 15.6. The molecule has 1 aliphatic heterocycles. The molecule has 21 heavy (non-hydrogen) atoms. The van der Waals surface area contributed by atoms with Crippen molar-refractivity contribution in [2.75, 3.05) is 11.9 Å². The first-order chi connectivity index (χ1) is 9.79. The lowest BCUT2D eigenvalue weighted by molar-refractivity contribution is -0.137. The second-order valence-electron chi connectivity index (χ2n) is 4.94. The third-order valence-electron chi connectivity index (χ3n) is 3.42. The minimum absolute atomic E-state index is 0.0743. The topological polar surface area (TPSA) is 49.4 Å². The number of alkyl halides is 3. The third kappa shape index (κ3) is 3.53. The van der Waals surface area contributed by atoms with E-state index in [1.54, 1.807) is 0 Å². The van der Waals surface area contributed by atoms with Gasteiger partial charge in [-0.25, -0.2) is 0 Å². The molecule has 0 aliphatic carbocycles. The summed E-state index contributed by atoms with van der Waals surface area (Å²) in [5.41, 5.74) is -0.750. The number of benzene rings is 1. The highest BCUT2D eigenvalue weighted by Crippen LogP contribution is 2.30. The van der Waals surface area contributed by atoms with Crippen molar-refractivity contribution < 1.29 is 22.8 Å². The van der Waals surface area contributed by atoms with Gasteiger partial charge in [-0.3, -0.25) is 9.59 Å². The summed E-state index contributed by atoms with van der Waals surface area (Å²) in [6, 6.07) is 3.82. The minimum atomic E-state index is -4.46. The van der Waals surface area contributed by atoms with Gasteiger partial charge >= 0.3 is 6.18 Å². The molecule has 1 atom stereocenters. The molecule has 1 unspecified atom stereocenters. The van der Waals surface area contributed by atoms with Crippen molar-refractivity contribution in [3.05, 3.63) is 29.8 Å². The van der Waals surface area contributed by atoms with Gasteiger partial charge in [0.15, 0.2) is 0 Å². The van der Waals surface area contributed by atoms with Crippen molar-refractivity contribution >= 4 is 17.5 Å². The van der Waals surface area contributed by atoms with Crippen molar-refractivity contribution in [1.82, 2.24) is 4.90 Å². The van der Waals surface area contributed by atoms with E-state index >= 15 is 0 Å². The number of likely N-dealkylation sites (tertiary alicyclic amines) is 1. The number of nitrogens with zero attached hydrogens (tertiary/aromatic N) is 1. The maximum atomic E-state index is 12.6. The first-order valence-electron chi connectivity index (χ1n) is 6.54. The monoisotopic (exact) mass is 300 g/mol. The average Bonchev–Trinajstić information content (AvgIpc) is 2.87. The molecule has 4 nitrogen and oxygen atoms in total.